The van der Waals surface area contributed by atoms with Gasteiger partial charge in [-0.15, -0.1) is 0 Å². The fourth-order valence-electron chi connectivity index (χ4n) is 2.18. The number of benzene rings is 1. The molecule has 0 aliphatic heterocycles. The lowest BCUT2D eigenvalue weighted by Crippen LogP contribution is -2.20. The molecule has 1 unspecified atom stereocenters. The van der Waals surface area contributed by atoms with Crippen molar-refractivity contribution in [3.8, 4) is 6.07 Å². The molecule has 110 valence electrons. The molecule has 21 heavy (non-hydrogen) atoms. The zero-order chi connectivity index (χ0) is 15.9. The molecular weight excluding hydrogens is 285 g/mol. The van der Waals surface area contributed by atoms with Gasteiger partial charge in [-0.05, 0) is 25.5 Å². The first-order chi connectivity index (χ1) is 9.66. The number of H-pyrrole nitrogens is 1. The van der Waals surface area contributed by atoms with E-state index >= 15 is 0 Å². The molecule has 0 fully saturated rings. The quantitative estimate of drug-likeness (QED) is 0.842. The van der Waals surface area contributed by atoms with Gasteiger partial charge in [0, 0.05) is 6.04 Å². The fourth-order valence-corrected chi connectivity index (χ4v) is 2.18. The maximum atomic E-state index is 13.3. The first-order valence-electron chi connectivity index (χ1n) is 5.97. The molecule has 5 nitrogen and oxygen atoms in total. The number of hydrogen-bond acceptors (Lipinski definition) is 4. The van der Waals surface area contributed by atoms with Gasteiger partial charge in [0.25, 0.3) is 5.56 Å². The van der Waals surface area contributed by atoms with Gasteiger partial charge in [0.05, 0.1) is 22.0 Å². The summed E-state index contributed by atoms with van der Waals surface area (Å²) in [6, 6.07) is 1.57. The summed E-state index contributed by atoms with van der Waals surface area (Å²) in [6.07, 6.45) is -4.76. The number of nitrogens with two attached hydrogens (primary N) is 1. The lowest BCUT2D eigenvalue weighted by molar-refractivity contribution is -0.138. The van der Waals surface area contributed by atoms with Gasteiger partial charge in [-0.2, -0.15) is 18.4 Å². The van der Waals surface area contributed by atoms with Crippen molar-refractivity contribution in [1.82, 2.24) is 9.97 Å². The second-order valence-electron chi connectivity index (χ2n) is 4.66. The minimum atomic E-state index is -4.76. The molecule has 0 spiro atoms. The molecule has 2 rings (SSSR count). The van der Waals surface area contributed by atoms with Crippen molar-refractivity contribution in [2.45, 2.75) is 26.1 Å². The van der Waals surface area contributed by atoms with Gasteiger partial charge in [-0.25, -0.2) is 4.98 Å². The van der Waals surface area contributed by atoms with Crippen LogP contribution in [0.3, 0.4) is 0 Å². The second-order valence-corrected chi connectivity index (χ2v) is 4.66. The Bertz CT molecular complexity index is 815. The number of rotatable bonds is 1. The van der Waals surface area contributed by atoms with Crippen molar-refractivity contribution in [2.24, 2.45) is 5.73 Å². The van der Waals surface area contributed by atoms with Crippen molar-refractivity contribution in [1.29, 1.82) is 5.26 Å². The highest BCUT2D eigenvalue weighted by atomic mass is 19.4. The van der Waals surface area contributed by atoms with E-state index in [2.05, 4.69) is 9.97 Å². The average molecular weight is 296 g/mol. The van der Waals surface area contributed by atoms with Crippen LogP contribution in [0.4, 0.5) is 13.2 Å². The molecule has 1 aromatic heterocycles. The Labute approximate surface area is 117 Å². The molecule has 0 aliphatic carbocycles. The van der Waals surface area contributed by atoms with Crippen LogP contribution in [0.15, 0.2) is 10.9 Å². The summed E-state index contributed by atoms with van der Waals surface area (Å²) in [5, 5.41) is 9.04. The van der Waals surface area contributed by atoms with Gasteiger partial charge < -0.3 is 10.7 Å². The number of aromatic nitrogens is 2. The molecule has 3 N–H and O–H groups in total. The number of nitrogens with zero attached hydrogens (tertiary/aromatic N) is 2. The smallest absolute Gasteiger partial charge is 0.324 e. The van der Waals surface area contributed by atoms with E-state index in [9.17, 15) is 18.0 Å². The number of fused-ring (bicyclic) bond motifs is 1. The number of halogens is 3. The van der Waals surface area contributed by atoms with E-state index in [1.165, 1.54) is 19.9 Å². The van der Waals surface area contributed by atoms with Crippen LogP contribution in [0, 0.1) is 18.3 Å². The SMILES string of the molecule is Cc1nc2c(C#N)c(C(F)(F)F)c(C(C)N)cc2c(=O)[nH]1. The molecule has 8 heteroatoms. The van der Waals surface area contributed by atoms with Gasteiger partial charge in [0.15, 0.2) is 0 Å². The van der Waals surface area contributed by atoms with E-state index in [4.69, 9.17) is 11.0 Å². The van der Waals surface area contributed by atoms with Crippen molar-refractivity contribution < 1.29 is 13.2 Å². The number of aryl methyl sites for hydroxylation is 1. The summed E-state index contributed by atoms with van der Waals surface area (Å²) < 4.78 is 39.8. The molecule has 0 aliphatic rings. The molecule has 0 amide bonds. The monoisotopic (exact) mass is 296 g/mol. The molecule has 0 bridgehead atoms. The van der Waals surface area contributed by atoms with Crippen LogP contribution in [-0.2, 0) is 6.18 Å². The first-order valence-corrected chi connectivity index (χ1v) is 5.97. The van der Waals surface area contributed by atoms with Gasteiger partial charge in [0.2, 0.25) is 0 Å². The van der Waals surface area contributed by atoms with Crippen molar-refractivity contribution in [3.63, 3.8) is 0 Å². The number of nitrogens with one attached hydrogen (secondary N) is 1. The van der Waals surface area contributed by atoms with Crippen LogP contribution in [0.25, 0.3) is 10.9 Å². The molecule has 0 radical (unpaired) electrons. The number of hydrogen-bond donors (Lipinski definition) is 2. The number of alkyl halides is 3. The standard InChI is InChI=1S/C13H11F3N4O/c1-5(18)7-3-8-11(19-6(2)20-12(8)21)9(4-17)10(7)13(14,15)16/h3,5H,18H2,1-2H3,(H,19,20,21). The number of aromatic amines is 1. The van der Waals surface area contributed by atoms with Crippen molar-refractivity contribution >= 4 is 10.9 Å². The molecule has 2 aromatic rings. The van der Waals surface area contributed by atoms with Crippen LogP contribution in [0.2, 0.25) is 0 Å². The normalized spacial score (nSPS) is 13.2. The number of nitriles is 1. The summed E-state index contributed by atoms with van der Waals surface area (Å²) >= 11 is 0. The van der Waals surface area contributed by atoms with Gasteiger partial charge in [-0.3, -0.25) is 4.79 Å². The van der Waals surface area contributed by atoms with E-state index in [0.717, 1.165) is 6.07 Å². The summed E-state index contributed by atoms with van der Waals surface area (Å²) in [7, 11) is 0. The molecule has 0 saturated heterocycles. The van der Waals surface area contributed by atoms with E-state index < -0.39 is 28.9 Å². The first kappa shape index (κ1) is 15.0. The van der Waals surface area contributed by atoms with Gasteiger partial charge >= 0.3 is 6.18 Å². The van der Waals surface area contributed by atoms with Crippen molar-refractivity contribution in [3.05, 3.63) is 38.9 Å². The van der Waals surface area contributed by atoms with Crippen LogP contribution in [0.1, 0.15) is 35.5 Å². The highest BCUT2D eigenvalue weighted by Crippen LogP contribution is 2.38. The molecule has 1 heterocycles. The minimum absolute atomic E-state index is 0.0857. The van der Waals surface area contributed by atoms with Crippen LogP contribution in [-0.4, -0.2) is 9.97 Å². The third-order valence-electron chi connectivity index (χ3n) is 3.03. The second kappa shape index (κ2) is 4.86. The third kappa shape index (κ3) is 2.48. The van der Waals surface area contributed by atoms with Crippen LogP contribution < -0.4 is 11.3 Å². The maximum Gasteiger partial charge on any atom is 0.418 e. The Hall–Kier alpha value is -2.40. The lowest BCUT2D eigenvalue weighted by Gasteiger charge is -2.18. The van der Waals surface area contributed by atoms with Gasteiger partial charge in [0.1, 0.15) is 11.9 Å². The Morgan fingerprint density at radius 1 is 1.48 bits per heavy atom. The zero-order valence-corrected chi connectivity index (χ0v) is 11.2. The van der Waals surface area contributed by atoms with Crippen LogP contribution in [0.5, 0.6) is 0 Å². The Balaban J connectivity index is 3.11. The zero-order valence-electron chi connectivity index (χ0n) is 11.2. The topological polar surface area (TPSA) is 95.6 Å². The van der Waals surface area contributed by atoms with Gasteiger partial charge in [-0.1, -0.05) is 0 Å². The Kier molecular flexibility index (Phi) is 3.47. The molecule has 0 saturated carbocycles. The molecular formula is C13H11F3N4O. The lowest BCUT2D eigenvalue weighted by atomic mass is 9.94. The van der Waals surface area contributed by atoms with Crippen LogP contribution >= 0.6 is 0 Å². The predicted octanol–water partition coefficient (Wildman–Crippen LogP) is 2.14. The van der Waals surface area contributed by atoms with E-state index in [1.54, 1.807) is 0 Å². The third-order valence-corrected chi connectivity index (χ3v) is 3.03. The summed E-state index contributed by atoms with van der Waals surface area (Å²) in [5.74, 6) is 0.130. The fraction of sp³-hybridized carbons (Fsp3) is 0.308. The highest BCUT2D eigenvalue weighted by molar-refractivity contribution is 5.86. The minimum Gasteiger partial charge on any atom is -0.324 e. The molecule has 1 atom stereocenters. The molecule has 1 aromatic carbocycles. The Morgan fingerprint density at radius 2 is 2.10 bits per heavy atom. The van der Waals surface area contributed by atoms with E-state index in [-0.39, 0.29) is 22.3 Å². The maximum absolute atomic E-state index is 13.3. The Morgan fingerprint density at radius 3 is 2.57 bits per heavy atom. The predicted molar refractivity (Wildman–Crippen MR) is 69.4 cm³/mol. The average Bonchev–Trinajstić information content (AvgIpc) is 2.35. The largest absolute Gasteiger partial charge is 0.418 e. The summed E-state index contributed by atoms with van der Waals surface area (Å²) in [4.78, 5) is 18.1. The summed E-state index contributed by atoms with van der Waals surface area (Å²) in [6.45, 7) is 2.78. The van der Waals surface area contributed by atoms with E-state index in [1.807, 2.05) is 0 Å². The summed E-state index contributed by atoms with van der Waals surface area (Å²) in [5.41, 5.74) is 2.57. The van der Waals surface area contributed by atoms with E-state index in [0.29, 0.717) is 0 Å². The van der Waals surface area contributed by atoms with Crippen molar-refractivity contribution in [2.75, 3.05) is 0 Å². The highest BCUT2D eigenvalue weighted by Gasteiger charge is 2.38.